The van der Waals surface area contributed by atoms with Gasteiger partial charge < -0.3 is 10.1 Å². The number of hydrazone groups is 1. The van der Waals surface area contributed by atoms with Crippen LogP contribution in [-0.2, 0) is 6.54 Å². The summed E-state index contributed by atoms with van der Waals surface area (Å²) in [6, 6.07) is 13.6. The van der Waals surface area contributed by atoms with Crippen molar-refractivity contribution in [3.8, 4) is 5.75 Å². The molecule has 2 aromatic carbocycles. The summed E-state index contributed by atoms with van der Waals surface area (Å²) in [4.78, 5) is 0. The molecule has 9 heteroatoms. The molecule has 150 valence electrons. The van der Waals surface area contributed by atoms with E-state index in [4.69, 9.17) is 28.6 Å². The highest BCUT2D eigenvalue weighted by molar-refractivity contribution is 7.80. The molecule has 0 aliphatic heterocycles. The van der Waals surface area contributed by atoms with E-state index in [0.29, 0.717) is 33.8 Å². The second-order valence-corrected chi connectivity index (χ2v) is 6.86. The lowest BCUT2D eigenvalue weighted by atomic mass is 10.2. The molecule has 0 amide bonds. The second kappa shape index (κ2) is 9.49. The quantitative estimate of drug-likeness (QED) is 0.345. The Morgan fingerprint density at radius 3 is 2.72 bits per heavy atom. The number of ether oxygens (including phenoxy) is 1. The molecule has 0 bridgehead atoms. The molecule has 0 unspecified atom stereocenters. The van der Waals surface area contributed by atoms with Gasteiger partial charge in [0.05, 0.1) is 36.8 Å². The highest BCUT2D eigenvalue weighted by Gasteiger charge is 2.12. The Morgan fingerprint density at radius 2 is 2.00 bits per heavy atom. The number of para-hydroxylation sites is 2. The average Bonchev–Trinajstić information content (AvgIpc) is 2.97. The Labute approximate surface area is 178 Å². The van der Waals surface area contributed by atoms with Gasteiger partial charge in [0.25, 0.3) is 0 Å². The number of nitrogens with zero attached hydrogens (tertiary/aromatic N) is 3. The fourth-order valence-corrected chi connectivity index (χ4v) is 3.08. The fourth-order valence-electron chi connectivity index (χ4n) is 2.63. The molecular formula is C20H19ClFN5OS. The molecule has 0 aliphatic rings. The monoisotopic (exact) mass is 431 g/mol. The third-order valence-electron chi connectivity index (χ3n) is 4.07. The first-order valence-corrected chi connectivity index (χ1v) is 9.47. The zero-order valence-electron chi connectivity index (χ0n) is 15.8. The highest BCUT2D eigenvalue weighted by atomic mass is 35.5. The third-order valence-corrected chi connectivity index (χ3v) is 4.66. The van der Waals surface area contributed by atoms with E-state index >= 15 is 0 Å². The van der Waals surface area contributed by atoms with Gasteiger partial charge in [-0.2, -0.15) is 10.2 Å². The van der Waals surface area contributed by atoms with Crippen molar-refractivity contribution < 1.29 is 9.13 Å². The maximum absolute atomic E-state index is 13.1. The number of halogens is 2. The number of rotatable bonds is 6. The summed E-state index contributed by atoms with van der Waals surface area (Å²) in [5, 5.41) is 12.3. The first-order valence-electron chi connectivity index (χ1n) is 8.68. The van der Waals surface area contributed by atoms with E-state index in [9.17, 15) is 4.39 Å². The summed E-state index contributed by atoms with van der Waals surface area (Å²) in [6.07, 6.45) is 1.56. The molecule has 1 aromatic heterocycles. The number of hydrogen-bond donors (Lipinski definition) is 2. The van der Waals surface area contributed by atoms with Crippen LogP contribution in [0.3, 0.4) is 0 Å². The van der Waals surface area contributed by atoms with Gasteiger partial charge in [-0.25, -0.2) is 9.07 Å². The summed E-state index contributed by atoms with van der Waals surface area (Å²) >= 11 is 11.7. The summed E-state index contributed by atoms with van der Waals surface area (Å²) < 4.78 is 20.0. The van der Waals surface area contributed by atoms with Crippen molar-refractivity contribution in [2.24, 2.45) is 5.10 Å². The predicted molar refractivity (Wildman–Crippen MR) is 117 cm³/mol. The Morgan fingerprint density at radius 1 is 1.28 bits per heavy atom. The lowest BCUT2D eigenvalue weighted by Crippen LogP contribution is -2.24. The van der Waals surface area contributed by atoms with Crippen LogP contribution in [0.4, 0.5) is 10.1 Å². The molecule has 0 saturated carbocycles. The van der Waals surface area contributed by atoms with Gasteiger partial charge in [0.15, 0.2) is 5.11 Å². The average molecular weight is 432 g/mol. The maximum atomic E-state index is 13.1. The number of hydrogen-bond acceptors (Lipinski definition) is 4. The summed E-state index contributed by atoms with van der Waals surface area (Å²) in [6.45, 7) is 2.26. The van der Waals surface area contributed by atoms with E-state index in [-0.39, 0.29) is 5.82 Å². The van der Waals surface area contributed by atoms with E-state index in [1.807, 2.05) is 31.2 Å². The lowest BCUT2D eigenvalue weighted by molar-refractivity contribution is 0.417. The van der Waals surface area contributed by atoms with Crippen molar-refractivity contribution in [3.05, 3.63) is 76.3 Å². The number of nitrogens with one attached hydrogen (secondary N) is 2. The number of aromatic nitrogens is 2. The molecule has 1 heterocycles. The summed E-state index contributed by atoms with van der Waals surface area (Å²) in [5.41, 5.74) is 5.74. The number of benzene rings is 2. The van der Waals surface area contributed by atoms with Gasteiger partial charge in [0, 0.05) is 0 Å². The van der Waals surface area contributed by atoms with Gasteiger partial charge in [-0.15, -0.1) is 0 Å². The minimum absolute atomic E-state index is 0.284. The Bertz CT molecular complexity index is 1040. The SMILES string of the molecule is COc1ccccc1NC(=S)NN=Cc1c(C)nn(Cc2ccc(F)cc2)c1Cl. The Hall–Kier alpha value is -2.97. The molecule has 3 rings (SSSR count). The normalized spacial score (nSPS) is 10.9. The number of anilines is 1. The van der Waals surface area contributed by atoms with Crippen molar-refractivity contribution >= 4 is 40.8 Å². The van der Waals surface area contributed by atoms with Crippen LogP contribution in [0.15, 0.2) is 53.6 Å². The van der Waals surface area contributed by atoms with Crippen molar-refractivity contribution in [3.63, 3.8) is 0 Å². The van der Waals surface area contributed by atoms with Gasteiger partial charge in [-0.1, -0.05) is 35.9 Å². The van der Waals surface area contributed by atoms with E-state index in [0.717, 1.165) is 11.3 Å². The third kappa shape index (κ3) is 5.30. The topological polar surface area (TPSA) is 63.5 Å². The van der Waals surface area contributed by atoms with E-state index < -0.39 is 0 Å². The smallest absolute Gasteiger partial charge is 0.191 e. The van der Waals surface area contributed by atoms with Crippen LogP contribution in [0.5, 0.6) is 5.75 Å². The van der Waals surface area contributed by atoms with Gasteiger partial charge in [0.2, 0.25) is 0 Å². The van der Waals surface area contributed by atoms with Crippen LogP contribution in [0.25, 0.3) is 0 Å². The number of aryl methyl sites for hydroxylation is 1. The minimum Gasteiger partial charge on any atom is -0.495 e. The first kappa shape index (κ1) is 20.8. The summed E-state index contributed by atoms with van der Waals surface area (Å²) in [5.74, 6) is 0.384. The van der Waals surface area contributed by atoms with Crippen molar-refractivity contribution in [2.45, 2.75) is 13.5 Å². The van der Waals surface area contributed by atoms with Crippen molar-refractivity contribution in [2.75, 3.05) is 12.4 Å². The van der Waals surface area contributed by atoms with Crippen LogP contribution in [-0.4, -0.2) is 28.2 Å². The van der Waals surface area contributed by atoms with Gasteiger partial charge >= 0.3 is 0 Å². The molecular weight excluding hydrogens is 413 g/mol. The standard InChI is InChI=1S/C20H19ClFN5OS/c1-13-16(19(21)27(26-13)12-14-7-9-15(22)10-8-14)11-23-25-20(29)24-17-5-3-4-6-18(17)28-2/h3-11H,12H2,1-2H3,(H2,24,25,29). The van der Waals surface area contributed by atoms with E-state index in [1.165, 1.54) is 12.1 Å². The highest BCUT2D eigenvalue weighted by Crippen LogP contribution is 2.23. The summed E-state index contributed by atoms with van der Waals surface area (Å²) in [7, 11) is 1.59. The van der Waals surface area contributed by atoms with Gasteiger partial charge in [-0.3, -0.25) is 5.43 Å². The van der Waals surface area contributed by atoms with Gasteiger partial charge in [-0.05, 0) is 49.0 Å². The van der Waals surface area contributed by atoms with Crippen LogP contribution < -0.4 is 15.5 Å². The van der Waals surface area contributed by atoms with Gasteiger partial charge in [0.1, 0.15) is 16.7 Å². The molecule has 0 atom stereocenters. The fraction of sp³-hybridized carbons (Fsp3) is 0.150. The molecule has 0 aliphatic carbocycles. The molecule has 2 N–H and O–H groups in total. The molecule has 0 spiro atoms. The second-order valence-electron chi connectivity index (χ2n) is 6.10. The van der Waals surface area contributed by atoms with Crippen LogP contribution in [0.2, 0.25) is 5.15 Å². The van der Waals surface area contributed by atoms with Crippen molar-refractivity contribution in [1.29, 1.82) is 0 Å². The first-order chi connectivity index (χ1) is 14.0. The largest absolute Gasteiger partial charge is 0.495 e. The Kier molecular flexibility index (Phi) is 6.79. The molecule has 3 aromatic rings. The minimum atomic E-state index is -0.284. The zero-order valence-corrected chi connectivity index (χ0v) is 17.4. The van der Waals surface area contributed by atoms with Crippen LogP contribution in [0.1, 0.15) is 16.8 Å². The lowest BCUT2D eigenvalue weighted by Gasteiger charge is -2.10. The number of methoxy groups -OCH3 is 1. The molecule has 0 fully saturated rings. The Balaban J connectivity index is 1.65. The maximum Gasteiger partial charge on any atom is 0.191 e. The number of thiocarbonyl (C=S) groups is 1. The molecule has 6 nitrogen and oxygen atoms in total. The van der Waals surface area contributed by atoms with Crippen LogP contribution >= 0.6 is 23.8 Å². The van der Waals surface area contributed by atoms with Crippen LogP contribution in [0, 0.1) is 12.7 Å². The van der Waals surface area contributed by atoms with E-state index in [1.54, 1.807) is 30.1 Å². The van der Waals surface area contributed by atoms with E-state index in [2.05, 4.69) is 20.9 Å². The molecule has 0 saturated heterocycles. The predicted octanol–water partition coefficient (Wildman–Crippen LogP) is 4.36. The zero-order chi connectivity index (χ0) is 20.8. The molecule has 0 radical (unpaired) electrons. The van der Waals surface area contributed by atoms with Crippen molar-refractivity contribution in [1.82, 2.24) is 15.2 Å². The molecule has 29 heavy (non-hydrogen) atoms.